The van der Waals surface area contributed by atoms with Crippen LogP contribution < -0.4 is 9.46 Å². The standard InChI is InChI=1S/C22H20N2O6S/c1-15(2)29-22(26)30-20-13-12-17(14-23-20)21(25)24-31(27,28)19-11-7-6-10-18(19)16-8-4-3-5-9-16/h3-15H,1-2H3,(H,24,25). The lowest BCUT2D eigenvalue weighted by Gasteiger charge is -2.12. The molecule has 0 aliphatic carbocycles. The van der Waals surface area contributed by atoms with E-state index in [2.05, 4.69) is 4.98 Å². The van der Waals surface area contributed by atoms with Crippen LogP contribution in [0.4, 0.5) is 4.79 Å². The Balaban J connectivity index is 1.77. The van der Waals surface area contributed by atoms with Gasteiger partial charge in [0.2, 0.25) is 5.88 Å². The monoisotopic (exact) mass is 440 g/mol. The maximum Gasteiger partial charge on any atom is 0.515 e. The molecule has 0 radical (unpaired) electrons. The molecular formula is C22H20N2O6S. The summed E-state index contributed by atoms with van der Waals surface area (Å²) < 4.78 is 37.5. The van der Waals surface area contributed by atoms with Crippen molar-refractivity contribution in [1.29, 1.82) is 0 Å². The minimum Gasteiger partial charge on any atom is -0.431 e. The fourth-order valence-electron chi connectivity index (χ4n) is 2.67. The number of ether oxygens (including phenoxy) is 2. The highest BCUT2D eigenvalue weighted by Crippen LogP contribution is 2.27. The first kappa shape index (κ1) is 22.0. The number of rotatable bonds is 6. The van der Waals surface area contributed by atoms with Gasteiger partial charge in [-0.3, -0.25) is 4.79 Å². The molecule has 9 heteroatoms. The first-order valence-corrected chi connectivity index (χ1v) is 10.8. The minimum absolute atomic E-state index is 0.0228. The number of hydrogen-bond donors (Lipinski definition) is 1. The van der Waals surface area contributed by atoms with Crippen LogP contribution >= 0.6 is 0 Å². The molecule has 0 bridgehead atoms. The number of carbonyl (C=O) groups is 2. The Hall–Kier alpha value is -3.72. The van der Waals surface area contributed by atoms with E-state index in [9.17, 15) is 18.0 Å². The molecule has 0 spiro atoms. The Kier molecular flexibility index (Phi) is 6.66. The van der Waals surface area contributed by atoms with Crippen LogP contribution in [-0.2, 0) is 14.8 Å². The highest BCUT2D eigenvalue weighted by Gasteiger charge is 2.22. The Morgan fingerprint density at radius 1 is 0.935 bits per heavy atom. The first-order valence-electron chi connectivity index (χ1n) is 9.32. The van der Waals surface area contributed by atoms with Crippen LogP contribution in [0.5, 0.6) is 5.88 Å². The summed E-state index contributed by atoms with van der Waals surface area (Å²) in [4.78, 5) is 27.8. The number of aromatic nitrogens is 1. The van der Waals surface area contributed by atoms with Crippen molar-refractivity contribution in [3.8, 4) is 17.0 Å². The predicted molar refractivity (Wildman–Crippen MR) is 113 cm³/mol. The summed E-state index contributed by atoms with van der Waals surface area (Å²) in [6.45, 7) is 3.33. The number of amides is 1. The van der Waals surface area contributed by atoms with E-state index >= 15 is 0 Å². The zero-order valence-electron chi connectivity index (χ0n) is 16.8. The van der Waals surface area contributed by atoms with Crippen LogP contribution in [-0.4, -0.2) is 31.6 Å². The van der Waals surface area contributed by atoms with Gasteiger partial charge >= 0.3 is 6.16 Å². The number of nitrogens with one attached hydrogen (secondary N) is 1. The smallest absolute Gasteiger partial charge is 0.431 e. The van der Waals surface area contributed by atoms with Gasteiger partial charge in [-0.1, -0.05) is 48.5 Å². The highest BCUT2D eigenvalue weighted by molar-refractivity contribution is 7.90. The maximum absolute atomic E-state index is 12.9. The van der Waals surface area contributed by atoms with Crippen molar-refractivity contribution in [3.05, 3.63) is 78.5 Å². The molecule has 0 aliphatic heterocycles. The Morgan fingerprint density at radius 3 is 2.26 bits per heavy atom. The molecule has 1 amide bonds. The second kappa shape index (κ2) is 9.40. The van der Waals surface area contributed by atoms with Gasteiger partial charge in [0, 0.05) is 17.8 Å². The lowest BCUT2D eigenvalue weighted by atomic mass is 10.1. The predicted octanol–water partition coefficient (Wildman–Crippen LogP) is 3.79. The minimum atomic E-state index is -4.16. The molecule has 3 rings (SSSR count). The summed E-state index contributed by atoms with van der Waals surface area (Å²) in [6, 6.07) is 17.9. The Labute approximate surface area is 179 Å². The van der Waals surface area contributed by atoms with E-state index in [-0.39, 0.29) is 22.4 Å². The van der Waals surface area contributed by atoms with Crippen molar-refractivity contribution in [3.63, 3.8) is 0 Å². The lowest BCUT2D eigenvalue weighted by Crippen LogP contribution is -2.31. The third kappa shape index (κ3) is 5.67. The quantitative estimate of drug-likeness (QED) is 0.580. The van der Waals surface area contributed by atoms with Crippen LogP contribution in [0.25, 0.3) is 11.1 Å². The first-order chi connectivity index (χ1) is 14.8. The molecule has 0 aliphatic rings. The summed E-state index contributed by atoms with van der Waals surface area (Å²) in [5, 5.41) is 0. The summed E-state index contributed by atoms with van der Waals surface area (Å²) in [5.74, 6) is -0.953. The average Bonchev–Trinajstić information content (AvgIpc) is 2.74. The van der Waals surface area contributed by atoms with Crippen molar-refractivity contribution in [2.45, 2.75) is 24.8 Å². The summed E-state index contributed by atoms with van der Waals surface area (Å²) in [5.41, 5.74) is 1.15. The molecule has 0 fully saturated rings. The fraction of sp³-hybridized carbons (Fsp3) is 0.136. The molecule has 0 atom stereocenters. The van der Waals surface area contributed by atoms with Crippen LogP contribution in [0.3, 0.4) is 0 Å². The molecular weight excluding hydrogens is 420 g/mol. The van der Waals surface area contributed by atoms with Gasteiger partial charge in [0.15, 0.2) is 0 Å². The molecule has 31 heavy (non-hydrogen) atoms. The van der Waals surface area contributed by atoms with Gasteiger partial charge in [-0.15, -0.1) is 0 Å². The van der Waals surface area contributed by atoms with Gasteiger partial charge in [0.1, 0.15) is 0 Å². The SMILES string of the molecule is CC(C)OC(=O)Oc1ccc(C(=O)NS(=O)(=O)c2ccccc2-c2ccccc2)cn1. The van der Waals surface area contributed by atoms with Crippen molar-refractivity contribution < 1.29 is 27.5 Å². The molecule has 1 aromatic heterocycles. The van der Waals surface area contributed by atoms with E-state index < -0.39 is 22.1 Å². The molecule has 1 N–H and O–H groups in total. The van der Waals surface area contributed by atoms with E-state index in [1.54, 1.807) is 56.3 Å². The largest absolute Gasteiger partial charge is 0.515 e. The van der Waals surface area contributed by atoms with E-state index in [1.807, 2.05) is 10.8 Å². The fourth-order valence-corrected chi connectivity index (χ4v) is 3.87. The van der Waals surface area contributed by atoms with Gasteiger partial charge in [-0.2, -0.15) is 0 Å². The van der Waals surface area contributed by atoms with E-state index in [4.69, 9.17) is 9.47 Å². The normalized spacial score (nSPS) is 11.1. The van der Waals surface area contributed by atoms with Crippen LogP contribution in [0.1, 0.15) is 24.2 Å². The van der Waals surface area contributed by atoms with Crippen LogP contribution in [0, 0.1) is 0 Å². The van der Waals surface area contributed by atoms with Gasteiger partial charge in [-0.05, 0) is 31.5 Å². The molecule has 0 saturated carbocycles. The molecule has 3 aromatic rings. The Bertz CT molecular complexity index is 1180. The molecule has 8 nitrogen and oxygen atoms in total. The number of hydrogen-bond acceptors (Lipinski definition) is 7. The molecule has 2 aromatic carbocycles. The summed E-state index contributed by atoms with van der Waals surface area (Å²) >= 11 is 0. The number of nitrogens with zero attached hydrogens (tertiary/aromatic N) is 1. The van der Waals surface area contributed by atoms with Gasteiger partial charge in [-0.25, -0.2) is 22.9 Å². The second-order valence-corrected chi connectivity index (χ2v) is 8.35. The summed E-state index contributed by atoms with van der Waals surface area (Å²) in [7, 11) is -4.16. The zero-order chi connectivity index (χ0) is 22.4. The number of benzene rings is 2. The van der Waals surface area contributed by atoms with Crippen molar-refractivity contribution in [2.24, 2.45) is 0 Å². The van der Waals surface area contributed by atoms with Crippen molar-refractivity contribution >= 4 is 22.1 Å². The molecule has 160 valence electrons. The van der Waals surface area contributed by atoms with Crippen molar-refractivity contribution in [2.75, 3.05) is 0 Å². The topological polar surface area (TPSA) is 112 Å². The maximum atomic E-state index is 12.9. The van der Waals surface area contributed by atoms with E-state index in [1.165, 1.54) is 18.2 Å². The summed E-state index contributed by atoms with van der Waals surface area (Å²) in [6.07, 6.45) is -0.187. The highest BCUT2D eigenvalue weighted by atomic mass is 32.2. The Morgan fingerprint density at radius 2 is 1.61 bits per heavy atom. The van der Waals surface area contributed by atoms with Crippen LogP contribution in [0.2, 0.25) is 0 Å². The number of carbonyl (C=O) groups excluding carboxylic acids is 2. The second-order valence-electron chi connectivity index (χ2n) is 6.70. The molecule has 1 heterocycles. The van der Waals surface area contributed by atoms with Gasteiger partial charge in [0.05, 0.1) is 16.6 Å². The van der Waals surface area contributed by atoms with E-state index in [0.29, 0.717) is 11.1 Å². The lowest BCUT2D eigenvalue weighted by molar-refractivity contribution is 0.0716. The van der Waals surface area contributed by atoms with Gasteiger partial charge in [0.25, 0.3) is 15.9 Å². The van der Waals surface area contributed by atoms with Gasteiger partial charge < -0.3 is 9.47 Å². The number of sulfonamides is 1. The van der Waals surface area contributed by atoms with Crippen LogP contribution in [0.15, 0.2) is 77.8 Å². The molecule has 0 saturated heterocycles. The van der Waals surface area contributed by atoms with Crippen molar-refractivity contribution in [1.82, 2.24) is 9.71 Å². The number of pyridine rings is 1. The zero-order valence-corrected chi connectivity index (χ0v) is 17.6. The van der Waals surface area contributed by atoms with E-state index in [0.717, 1.165) is 6.20 Å². The molecule has 0 unspecified atom stereocenters. The third-order valence-corrected chi connectivity index (χ3v) is 5.40. The third-order valence-electron chi connectivity index (χ3n) is 4.01. The average molecular weight is 440 g/mol.